The van der Waals surface area contributed by atoms with E-state index in [9.17, 15) is 18.3 Å². The van der Waals surface area contributed by atoms with Crippen molar-refractivity contribution in [3.05, 3.63) is 41.7 Å². The van der Waals surface area contributed by atoms with Crippen molar-refractivity contribution in [2.24, 2.45) is 11.1 Å². The molecule has 10 nitrogen and oxygen atoms in total. The van der Waals surface area contributed by atoms with Crippen LogP contribution in [0.25, 0.3) is 0 Å². The van der Waals surface area contributed by atoms with Crippen LogP contribution >= 0.6 is 0 Å². The molecule has 3 rings (SSSR count). The molecule has 1 fully saturated rings. The number of nitrogens with one attached hydrogen (secondary N) is 1. The molecule has 2 heterocycles. The average Bonchev–Trinajstić information content (AvgIpc) is 3.28. The largest absolute Gasteiger partial charge is 0.460 e. The average molecular weight is 424 g/mol. The summed E-state index contributed by atoms with van der Waals surface area (Å²) >= 11 is 0. The van der Waals surface area contributed by atoms with E-state index in [1.807, 2.05) is 0 Å². The van der Waals surface area contributed by atoms with E-state index in [-0.39, 0.29) is 29.9 Å². The van der Waals surface area contributed by atoms with Gasteiger partial charge in [0, 0.05) is 17.8 Å². The number of anilines is 1. The Balaban J connectivity index is 1.70. The normalized spacial score (nSPS) is 20.0. The molecule has 11 heteroatoms. The smallest absolute Gasteiger partial charge is 0.333 e. The molecular formula is C18H24N4O6S. The summed E-state index contributed by atoms with van der Waals surface area (Å²) in [6, 6.07) is 1.49. The summed E-state index contributed by atoms with van der Waals surface area (Å²) in [6.45, 7) is 3.22. The van der Waals surface area contributed by atoms with Crippen LogP contribution < -0.4 is 10.5 Å². The Morgan fingerprint density at radius 3 is 2.86 bits per heavy atom. The Bertz CT molecular complexity index is 982. The van der Waals surface area contributed by atoms with Gasteiger partial charge < -0.3 is 14.8 Å². The lowest BCUT2D eigenvalue weighted by molar-refractivity contribution is 0.0779. The monoisotopic (exact) mass is 424 g/mol. The van der Waals surface area contributed by atoms with Gasteiger partial charge in [-0.25, -0.2) is 15.1 Å². The van der Waals surface area contributed by atoms with Crippen molar-refractivity contribution in [2.45, 2.75) is 44.8 Å². The van der Waals surface area contributed by atoms with Crippen molar-refractivity contribution < 1.29 is 26.9 Å². The number of aromatic nitrogens is 2. The van der Waals surface area contributed by atoms with E-state index in [1.54, 1.807) is 13.8 Å². The number of hydrogen-bond acceptors (Lipinski definition) is 9. The van der Waals surface area contributed by atoms with Gasteiger partial charge >= 0.3 is 10.3 Å². The highest BCUT2D eigenvalue weighted by molar-refractivity contribution is 7.84. The Labute approximate surface area is 168 Å². The molecule has 0 saturated heterocycles. The summed E-state index contributed by atoms with van der Waals surface area (Å²) in [5, 5.41) is 18.1. The van der Waals surface area contributed by atoms with E-state index < -0.39 is 21.7 Å². The van der Waals surface area contributed by atoms with Crippen LogP contribution in [-0.2, 0) is 20.1 Å². The molecule has 2 aromatic heterocycles. The number of carbonyl (C=O) groups excluding carboxylic acids is 1. The van der Waals surface area contributed by atoms with Crippen molar-refractivity contribution in [1.82, 2.24) is 9.97 Å². The Morgan fingerprint density at radius 2 is 2.21 bits per heavy atom. The fourth-order valence-electron chi connectivity index (χ4n) is 3.26. The lowest BCUT2D eigenvalue weighted by Crippen LogP contribution is -2.22. The minimum atomic E-state index is -3.96. The van der Waals surface area contributed by atoms with Crippen LogP contribution in [-0.4, -0.2) is 41.9 Å². The molecule has 0 unspecified atom stereocenters. The van der Waals surface area contributed by atoms with E-state index in [0.717, 1.165) is 12.8 Å². The topological polar surface area (TPSA) is 158 Å². The number of nitrogens with two attached hydrogens (primary N) is 1. The molecule has 1 aliphatic carbocycles. The van der Waals surface area contributed by atoms with Crippen LogP contribution in [0.3, 0.4) is 0 Å². The second-order valence-corrected chi connectivity index (χ2v) is 8.89. The van der Waals surface area contributed by atoms with Crippen LogP contribution in [0.15, 0.2) is 29.3 Å². The highest BCUT2D eigenvalue weighted by Crippen LogP contribution is 2.30. The number of carbonyl (C=O) groups is 1. The van der Waals surface area contributed by atoms with Gasteiger partial charge in [-0.15, -0.1) is 0 Å². The number of rotatable bonds is 8. The minimum Gasteiger partial charge on any atom is -0.460 e. The second-order valence-electron chi connectivity index (χ2n) is 7.67. The van der Waals surface area contributed by atoms with Crippen LogP contribution in [0, 0.1) is 5.92 Å². The number of hydrogen-bond donors (Lipinski definition) is 3. The van der Waals surface area contributed by atoms with Gasteiger partial charge in [0.15, 0.2) is 5.76 Å². The molecule has 0 radical (unpaired) electrons. The highest BCUT2D eigenvalue weighted by Gasteiger charge is 2.28. The van der Waals surface area contributed by atoms with E-state index in [2.05, 4.69) is 19.5 Å². The quantitative estimate of drug-likeness (QED) is 0.531. The van der Waals surface area contributed by atoms with E-state index in [1.165, 1.54) is 24.9 Å². The summed E-state index contributed by atoms with van der Waals surface area (Å²) in [4.78, 5) is 21.0. The molecule has 2 aromatic rings. The number of ketones is 1. The third-order valence-electron chi connectivity index (χ3n) is 4.84. The van der Waals surface area contributed by atoms with E-state index in [4.69, 9.17) is 9.56 Å². The van der Waals surface area contributed by atoms with Crippen LogP contribution in [0.4, 0.5) is 5.82 Å². The van der Waals surface area contributed by atoms with Gasteiger partial charge in [0.2, 0.25) is 5.78 Å². The Hall–Kier alpha value is -2.34. The van der Waals surface area contributed by atoms with Crippen LogP contribution in [0.2, 0.25) is 0 Å². The summed E-state index contributed by atoms with van der Waals surface area (Å²) in [5.41, 5.74) is -0.400. The van der Waals surface area contributed by atoms with E-state index >= 15 is 0 Å². The molecule has 29 heavy (non-hydrogen) atoms. The number of nitrogens with zero attached hydrogens (tertiary/aromatic N) is 2. The molecule has 4 N–H and O–H groups in total. The first kappa shape index (κ1) is 21.4. The van der Waals surface area contributed by atoms with Crippen LogP contribution in [0.5, 0.6) is 0 Å². The first-order valence-electron chi connectivity index (χ1n) is 9.12. The van der Waals surface area contributed by atoms with Gasteiger partial charge in [0.05, 0.1) is 24.0 Å². The van der Waals surface area contributed by atoms with Gasteiger partial charge in [-0.1, -0.05) is 0 Å². The second kappa shape index (κ2) is 8.19. The summed E-state index contributed by atoms with van der Waals surface area (Å²) < 4.78 is 31.9. The molecule has 1 saturated carbocycles. The lowest BCUT2D eigenvalue weighted by atomic mass is 10.0. The molecule has 0 aromatic carbocycles. The maximum absolute atomic E-state index is 12.9. The zero-order valence-corrected chi connectivity index (χ0v) is 17.0. The predicted molar refractivity (Wildman–Crippen MR) is 103 cm³/mol. The highest BCUT2D eigenvalue weighted by atomic mass is 32.2. The molecular weight excluding hydrogens is 400 g/mol. The zero-order valence-electron chi connectivity index (χ0n) is 16.2. The summed E-state index contributed by atoms with van der Waals surface area (Å²) in [6.07, 6.45) is 6.25. The third-order valence-corrected chi connectivity index (χ3v) is 5.30. The molecule has 0 spiro atoms. The van der Waals surface area contributed by atoms with Crippen molar-refractivity contribution in [2.75, 3.05) is 11.9 Å². The predicted octanol–water partition coefficient (Wildman–Crippen LogP) is 1.33. The molecule has 2 atom stereocenters. The van der Waals surface area contributed by atoms with Gasteiger partial charge in [-0.2, -0.15) is 8.42 Å². The maximum atomic E-state index is 12.9. The van der Waals surface area contributed by atoms with Crippen molar-refractivity contribution in [1.29, 1.82) is 0 Å². The standard InChI is InChI=1S/C18H24N4O6S/c1-18(2,24)12-6-15(27-9-12)16(23)14-7-20-10-21-17(14)22-13-4-3-11(5-13)8-28-29(19,25)26/h6-7,9-11,13,24H,3-5,8H2,1-2H3,(H2,19,25,26)(H,20,21,22)/t11-,13+/m1/s1. The maximum Gasteiger partial charge on any atom is 0.333 e. The Morgan fingerprint density at radius 1 is 1.45 bits per heavy atom. The summed E-state index contributed by atoms with van der Waals surface area (Å²) in [7, 11) is -3.96. The van der Waals surface area contributed by atoms with Crippen molar-refractivity contribution in [3.63, 3.8) is 0 Å². The van der Waals surface area contributed by atoms with Crippen molar-refractivity contribution in [3.8, 4) is 0 Å². The fraction of sp³-hybridized carbons (Fsp3) is 0.500. The van der Waals surface area contributed by atoms with E-state index in [0.29, 0.717) is 17.8 Å². The fourth-order valence-corrected chi connectivity index (χ4v) is 3.64. The third kappa shape index (κ3) is 5.60. The first-order valence-corrected chi connectivity index (χ1v) is 10.6. The molecule has 1 aliphatic rings. The minimum absolute atomic E-state index is 0.00549. The molecule has 0 bridgehead atoms. The van der Waals surface area contributed by atoms with Crippen molar-refractivity contribution >= 4 is 21.9 Å². The zero-order chi connectivity index (χ0) is 21.2. The number of furan rings is 1. The van der Waals surface area contributed by atoms with Gasteiger partial charge in [-0.05, 0) is 45.1 Å². The molecule has 0 aliphatic heterocycles. The van der Waals surface area contributed by atoms with Gasteiger partial charge in [-0.3, -0.25) is 8.98 Å². The SMILES string of the molecule is CC(C)(O)c1coc(C(=O)c2cncnc2N[C@H]2CC[C@@H](COS(N)(=O)=O)C2)c1. The summed E-state index contributed by atoms with van der Waals surface area (Å²) in [5.74, 6) is 0.0667. The number of aliphatic hydroxyl groups is 1. The lowest BCUT2D eigenvalue weighted by Gasteiger charge is -2.15. The van der Waals surface area contributed by atoms with Crippen LogP contribution in [0.1, 0.15) is 54.8 Å². The molecule has 0 amide bonds. The Kier molecular flexibility index (Phi) is 6.03. The first-order chi connectivity index (χ1) is 13.5. The van der Waals surface area contributed by atoms with Gasteiger partial charge in [0.1, 0.15) is 12.1 Å². The molecule has 158 valence electrons. The van der Waals surface area contributed by atoms with Gasteiger partial charge in [0.25, 0.3) is 0 Å².